The number of rotatable bonds is 20. The molecular formula is C28H58N2O4. The van der Waals surface area contributed by atoms with Crippen molar-refractivity contribution in [3.63, 3.8) is 0 Å². The summed E-state index contributed by atoms with van der Waals surface area (Å²) in [6.45, 7) is 19.3. The summed E-state index contributed by atoms with van der Waals surface area (Å²) in [6, 6.07) is 0. The van der Waals surface area contributed by atoms with E-state index in [2.05, 4.69) is 38.3 Å². The number of amides is 2. The van der Waals surface area contributed by atoms with Crippen molar-refractivity contribution in [2.45, 2.75) is 132 Å². The first-order chi connectivity index (χ1) is 16.1. The predicted molar refractivity (Wildman–Crippen MR) is 144 cm³/mol. The molecule has 0 saturated carbocycles. The Morgan fingerprint density at radius 1 is 0.500 bits per heavy atom. The fraction of sp³-hybridized carbons (Fsp3) is 0.929. The maximum Gasteiger partial charge on any atom is 0.222 e. The van der Waals surface area contributed by atoms with Crippen LogP contribution in [0.2, 0.25) is 0 Å². The number of carbonyl (C=O) groups is 2. The van der Waals surface area contributed by atoms with Gasteiger partial charge in [-0.1, -0.05) is 66.2 Å². The highest BCUT2D eigenvalue weighted by Gasteiger charge is 2.05. The van der Waals surface area contributed by atoms with Crippen LogP contribution in [0.5, 0.6) is 0 Å². The first-order valence-corrected chi connectivity index (χ1v) is 13.9. The molecule has 6 heteroatoms. The molecule has 0 saturated heterocycles. The lowest BCUT2D eigenvalue weighted by Crippen LogP contribution is -2.28. The smallest absolute Gasteiger partial charge is 0.222 e. The van der Waals surface area contributed by atoms with E-state index in [1.54, 1.807) is 0 Å². The number of hydrogen-bond donors (Lipinski definition) is 2. The van der Waals surface area contributed by atoms with Gasteiger partial charge in [-0.05, 0) is 53.4 Å². The fourth-order valence-electron chi connectivity index (χ4n) is 2.98. The molecule has 2 N–H and O–H groups in total. The highest BCUT2D eigenvalue weighted by molar-refractivity contribution is 5.78. The lowest BCUT2D eigenvalue weighted by molar-refractivity contribution is -0.124. The third-order valence-electron chi connectivity index (χ3n) is 5.19. The molecule has 0 aromatic carbocycles. The van der Waals surface area contributed by atoms with Crippen molar-refractivity contribution in [2.24, 2.45) is 11.8 Å². The van der Waals surface area contributed by atoms with Crippen LogP contribution in [0.15, 0.2) is 0 Å². The summed E-state index contributed by atoms with van der Waals surface area (Å²) in [4.78, 5) is 22.5. The quantitative estimate of drug-likeness (QED) is 0.199. The Hall–Kier alpha value is -1.14. The Balaban J connectivity index is 0. The van der Waals surface area contributed by atoms with Crippen LogP contribution < -0.4 is 10.6 Å². The van der Waals surface area contributed by atoms with Crippen molar-refractivity contribution in [3.8, 4) is 0 Å². The van der Waals surface area contributed by atoms with Gasteiger partial charge in [-0.25, -0.2) is 0 Å². The van der Waals surface area contributed by atoms with E-state index in [0.29, 0.717) is 12.2 Å². The molecule has 34 heavy (non-hydrogen) atoms. The van der Waals surface area contributed by atoms with Crippen LogP contribution in [-0.2, 0) is 19.1 Å². The van der Waals surface area contributed by atoms with Gasteiger partial charge in [0.2, 0.25) is 11.8 Å². The second-order valence-corrected chi connectivity index (χ2v) is 10.3. The normalized spacial score (nSPS) is 11.2. The summed E-state index contributed by atoms with van der Waals surface area (Å²) < 4.78 is 10.9. The van der Waals surface area contributed by atoms with Crippen LogP contribution in [0, 0.1) is 11.8 Å². The SMILES string of the molecule is CC(C)OCCCCCCCCNC(=O)C(C)C.CC(C)OCCCCCCNC(=O)C(C)C. The standard InChI is InChI=1S/C15H31NO2.C13H27NO2/c1-13(2)15(17)16-11-9-7-5-6-8-10-12-18-14(3)4;1-11(2)13(15)14-9-7-5-6-8-10-16-12(3)4/h13-14H,5-12H2,1-4H3,(H,16,17);11-12H,5-10H2,1-4H3,(H,14,15). The number of carbonyl (C=O) groups excluding carboxylic acids is 2. The predicted octanol–water partition coefficient (Wildman–Crippen LogP) is 6.27. The molecule has 2 amide bonds. The zero-order valence-corrected chi connectivity index (χ0v) is 23.8. The molecule has 0 aliphatic carbocycles. The maximum atomic E-state index is 11.3. The van der Waals surface area contributed by atoms with E-state index in [1.807, 2.05) is 27.7 Å². The molecule has 0 aliphatic rings. The minimum absolute atomic E-state index is 0.0967. The lowest BCUT2D eigenvalue weighted by Gasteiger charge is -2.08. The average molecular weight is 487 g/mol. The Bertz CT molecular complexity index is 465. The van der Waals surface area contributed by atoms with Gasteiger partial charge in [0, 0.05) is 38.1 Å². The van der Waals surface area contributed by atoms with Gasteiger partial charge < -0.3 is 20.1 Å². The van der Waals surface area contributed by atoms with Gasteiger partial charge >= 0.3 is 0 Å². The largest absolute Gasteiger partial charge is 0.379 e. The number of unbranched alkanes of at least 4 members (excludes halogenated alkanes) is 8. The Morgan fingerprint density at radius 2 is 0.794 bits per heavy atom. The van der Waals surface area contributed by atoms with Crippen molar-refractivity contribution >= 4 is 11.8 Å². The molecular weight excluding hydrogens is 428 g/mol. The van der Waals surface area contributed by atoms with Gasteiger partial charge in [0.15, 0.2) is 0 Å². The zero-order valence-electron chi connectivity index (χ0n) is 23.8. The van der Waals surface area contributed by atoms with Gasteiger partial charge in [-0.3, -0.25) is 9.59 Å². The van der Waals surface area contributed by atoms with Gasteiger partial charge in [0.25, 0.3) is 0 Å². The first kappa shape index (κ1) is 35.0. The van der Waals surface area contributed by atoms with Crippen LogP contribution in [0.1, 0.15) is 120 Å². The molecule has 0 spiro atoms. The van der Waals surface area contributed by atoms with Gasteiger partial charge in [0.05, 0.1) is 12.2 Å². The molecule has 0 radical (unpaired) electrons. The van der Waals surface area contributed by atoms with Crippen LogP contribution in [0.4, 0.5) is 0 Å². The molecule has 0 aromatic heterocycles. The molecule has 0 aliphatic heterocycles. The molecule has 0 fully saturated rings. The molecule has 0 bridgehead atoms. The molecule has 204 valence electrons. The molecule has 0 rings (SSSR count). The van der Waals surface area contributed by atoms with E-state index in [4.69, 9.17) is 9.47 Å². The second-order valence-electron chi connectivity index (χ2n) is 10.3. The van der Waals surface area contributed by atoms with E-state index in [9.17, 15) is 9.59 Å². The summed E-state index contributed by atoms with van der Waals surface area (Å²) in [7, 11) is 0. The number of hydrogen-bond acceptors (Lipinski definition) is 4. The summed E-state index contributed by atoms with van der Waals surface area (Å²) in [5.41, 5.74) is 0. The van der Waals surface area contributed by atoms with Crippen molar-refractivity contribution in [3.05, 3.63) is 0 Å². The van der Waals surface area contributed by atoms with E-state index in [1.165, 1.54) is 44.9 Å². The van der Waals surface area contributed by atoms with Crippen molar-refractivity contribution < 1.29 is 19.1 Å². The van der Waals surface area contributed by atoms with Crippen LogP contribution >= 0.6 is 0 Å². The molecule has 0 atom stereocenters. The van der Waals surface area contributed by atoms with E-state index < -0.39 is 0 Å². The van der Waals surface area contributed by atoms with Crippen LogP contribution in [0.25, 0.3) is 0 Å². The summed E-state index contributed by atoms with van der Waals surface area (Å²) >= 11 is 0. The number of nitrogens with one attached hydrogen (secondary N) is 2. The second kappa shape index (κ2) is 25.0. The van der Waals surface area contributed by atoms with Crippen LogP contribution in [0.3, 0.4) is 0 Å². The maximum absolute atomic E-state index is 11.3. The van der Waals surface area contributed by atoms with E-state index in [-0.39, 0.29) is 23.7 Å². The summed E-state index contributed by atoms with van der Waals surface area (Å²) in [6.07, 6.45) is 12.5. The molecule has 0 heterocycles. The number of ether oxygens (including phenoxy) is 2. The third-order valence-corrected chi connectivity index (χ3v) is 5.19. The summed E-state index contributed by atoms with van der Waals surface area (Å²) in [5, 5.41) is 5.87. The third kappa shape index (κ3) is 28.9. The van der Waals surface area contributed by atoms with Gasteiger partial charge in [-0.15, -0.1) is 0 Å². The van der Waals surface area contributed by atoms with Gasteiger partial charge in [0.1, 0.15) is 0 Å². The Kier molecular flexibility index (Phi) is 25.7. The van der Waals surface area contributed by atoms with Crippen molar-refractivity contribution in [1.29, 1.82) is 0 Å². The Labute approximate surface area is 211 Å². The zero-order chi connectivity index (χ0) is 26.2. The Morgan fingerprint density at radius 3 is 1.09 bits per heavy atom. The average Bonchev–Trinajstić information content (AvgIpc) is 2.76. The molecule has 0 aromatic rings. The lowest BCUT2D eigenvalue weighted by atomic mass is 10.1. The van der Waals surface area contributed by atoms with Crippen molar-refractivity contribution in [2.75, 3.05) is 26.3 Å². The molecule has 0 unspecified atom stereocenters. The minimum atomic E-state index is 0.0967. The first-order valence-electron chi connectivity index (χ1n) is 13.9. The molecule has 6 nitrogen and oxygen atoms in total. The van der Waals surface area contributed by atoms with Crippen molar-refractivity contribution in [1.82, 2.24) is 10.6 Å². The highest BCUT2D eigenvalue weighted by Crippen LogP contribution is 2.06. The fourth-order valence-corrected chi connectivity index (χ4v) is 2.98. The summed E-state index contributed by atoms with van der Waals surface area (Å²) in [5.74, 6) is 0.523. The topological polar surface area (TPSA) is 76.7 Å². The van der Waals surface area contributed by atoms with E-state index in [0.717, 1.165) is 45.6 Å². The monoisotopic (exact) mass is 486 g/mol. The van der Waals surface area contributed by atoms with Crippen LogP contribution in [-0.4, -0.2) is 50.3 Å². The minimum Gasteiger partial charge on any atom is -0.379 e. The van der Waals surface area contributed by atoms with Gasteiger partial charge in [-0.2, -0.15) is 0 Å². The van der Waals surface area contributed by atoms with E-state index >= 15 is 0 Å². The highest BCUT2D eigenvalue weighted by atomic mass is 16.5.